The number of hydrogen-bond acceptors (Lipinski definition) is 4. The van der Waals surface area contributed by atoms with Gasteiger partial charge in [-0.3, -0.25) is 9.59 Å². The summed E-state index contributed by atoms with van der Waals surface area (Å²) < 4.78 is 3.48. The molecule has 1 fully saturated rings. The fraction of sp³-hybridized carbons (Fsp3) is 0.429. The second-order valence-electron chi connectivity index (χ2n) is 5.53. The number of rotatable bonds is 3. The van der Waals surface area contributed by atoms with E-state index in [9.17, 15) is 9.59 Å². The number of nitrogens with two attached hydrogens (primary N) is 1. The smallest absolute Gasteiger partial charge is 0.288 e. The van der Waals surface area contributed by atoms with Gasteiger partial charge in [-0.05, 0) is 18.9 Å². The molecule has 3 heterocycles. The van der Waals surface area contributed by atoms with Crippen LogP contribution in [0.2, 0.25) is 0 Å². The van der Waals surface area contributed by atoms with E-state index in [-0.39, 0.29) is 17.8 Å². The number of primary amides is 1. The summed E-state index contributed by atoms with van der Waals surface area (Å²) in [5.74, 6) is -0.626. The predicted octanol–water partition coefficient (Wildman–Crippen LogP) is 0.193. The van der Waals surface area contributed by atoms with Crippen LogP contribution in [0.4, 0.5) is 0 Å². The fourth-order valence-electron chi connectivity index (χ4n) is 2.73. The van der Waals surface area contributed by atoms with Crippen LogP contribution in [-0.4, -0.2) is 49.1 Å². The van der Waals surface area contributed by atoms with Crippen LogP contribution in [0.1, 0.15) is 39.9 Å². The van der Waals surface area contributed by atoms with Gasteiger partial charge in [-0.1, -0.05) is 0 Å². The summed E-state index contributed by atoms with van der Waals surface area (Å²) in [6.45, 7) is 1.27. The molecule has 2 aromatic heterocycles. The highest BCUT2D eigenvalue weighted by atomic mass is 16.2. The third-order valence-electron chi connectivity index (χ3n) is 3.87. The van der Waals surface area contributed by atoms with E-state index < -0.39 is 5.91 Å². The molecule has 1 saturated heterocycles. The molecule has 2 aromatic rings. The Hall–Kier alpha value is -2.64. The first-order valence-corrected chi connectivity index (χ1v) is 7.17. The van der Waals surface area contributed by atoms with Crippen molar-refractivity contribution in [3.63, 3.8) is 0 Å². The molecule has 8 nitrogen and oxygen atoms in total. The Labute approximate surface area is 127 Å². The highest BCUT2D eigenvalue weighted by Crippen LogP contribution is 2.22. The SMILES string of the molecule is Cn1ccc(C(=O)N2CCCC(n3cnc(C(N)=O)n3)C2)c1. The second kappa shape index (κ2) is 5.63. The molecule has 1 aliphatic rings. The van der Waals surface area contributed by atoms with Gasteiger partial charge in [0, 0.05) is 32.5 Å². The summed E-state index contributed by atoms with van der Waals surface area (Å²) in [4.78, 5) is 29.3. The van der Waals surface area contributed by atoms with Gasteiger partial charge in [-0.2, -0.15) is 0 Å². The van der Waals surface area contributed by atoms with E-state index in [4.69, 9.17) is 5.73 Å². The first-order valence-electron chi connectivity index (χ1n) is 7.17. The van der Waals surface area contributed by atoms with Crippen LogP contribution < -0.4 is 5.73 Å². The van der Waals surface area contributed by atoms with Gasteiger partial charge >= 0.3 is 0 Å². The Morgan fingerprint density at radius 1 is 1.41 bits per heavy atom. The third kappa shape index (κ3) is 2.72. The Morgan fingerprint density at radius 3 is 2.86 bits per heavy atom. The maximum Gasteiger partial charge on any atom is 0.288 e. The first kappa shape index (κ1) is 14.3. The van der Waals surface area contributed by atoms with Crippen LogP contribution in [0.3, 0.4) is 0 Å². The minimum absolute atomic E-state index is 0.00603. The zero-order valence-electron chi connectivity index (χ0n) is 12.3. The molecule has 0 spiro atoms. The van der Waals surface area contributed by atoms with Crippen molar-refractivity contribution in [2.75, 3.05) is 13.1 Å². The van der Waals surface area contributed by atoms with E-state index in [2.05, 4.69) is 10.1 Å². The van der Waals surface area contributed by atoms with Crippen molar-refractivity contribution in [3.8, 4) is 0 Å². The lowest BCUT2D eigenvalue weighted by atomic mass is 10.1. The number of nitrogens with zero attached hydrogens (tertiary/aromatic N) is 5. The highest BCUT2D eigenvalue weighted by molar-refractivity contribution is 5.94. The van der Waals surface area contributed by atoms with Gasteiger partial charge in [0.1, 0.15) is 6.33 Å². The highest BCUT2D eigenvalue weighted by Gasteiger charge is 2.27. The zero-order valence-corrected chi connectivity index (χ0v) is 12.3. The Bertz CT molecular complexity index is 704. The molecular weight excluding hydrogens is 284 g/mol. The number of carbonyl (C=O) groups is 2. The van der Waals surface area contributed by atoms with Crippen molar-refractivity contribution in [2.24, 2.45) is 12.8 Å². The normalized spacial score (nSPS) is 18.4. The van der Waals surface area contributed by atoms with Crippen molar-refractivity contribution in [1.29, 1.82) is 0 Å². The van der Waals surface area contributed by atoms with E-state index in [1.807, 2.05) is 35.0 Å². The first-order chi connectivity index (χ1) is 10.5. The third-order valence-corrected chi connectivity index (χ3v) is 3.87. The topological polar surface area (TPSA) is 99.0 Å². The maximum absolute atomic E-state index is 12.5. The minimum atomic E-state index is -0.647. The summed E-state index contributed by atoms with van der Waals surface area (Å²) in [5.41, 5.74) is 5.85. The van der Waals surface area contributed by atoms with Crippen LogP contribution in [0, 0.1) is 0 Å². The van der Waals surface area contributed by atoms with Crippen LogP contribution in [0.5, 0.6) is 0 Å². The summed E-state index contributed by atoms with van der Waals surface area (Å²) >= 11 is 0. The summed E-state index contributed by atoms with van der Waals surface area (Å²) in [6.07, 6.45) is 6.94. The number of aryl methyl sites for hydroxylation is 1. The molecule has 1 aliphatic heterocycles. The molecule has 22 heavy (non-hydrogen) atoms. The average Bonchev–Trinajstić information content (AvgIpc) is 3.15. The molecule has 0 bridgehead atoms. The number of likely N-dealkylation sites (tertiary alicyclic amines) is 1. The predicted molar refractivity (Wildman–Crippen MR) is 78.1 cm³/mol. The van der Waals surface area contributed by atoms with Gasteiger partial charge in [-0.25, -0.2) is 9.67 Å². The van der Waals surface area contributed by atoms with Gasteiger partial charge in [0.25, 0.3) is 11.8 Å². The Kier molecular flexibility index (Phi) is 3.66. The number of amides is 2. The summed E-state index contributed by atoms with van der Waals surface area (Å²) in [6, 6.07) is 1.83. The maximum atomic E-state index is 12.5. The summed E-state index contributed by atoms with van der Waals surface area (Å²) in [7, 11) is 1.89. The molecule has 1 atom stereocenters. The monoisotopic (exact) mass is 302 g/mol. The lowest BCUT2D eigenvalue weighted by Crippen LogP contribution is -2.40. The quantitative estimate of drug-likeness (QED) is 0.875. The van der Waals surface area contributed by atoms with Crippen LogP contribution in [0.25, 0.3) is 0 Å². The molecule has 1 unspecified atom stereocenters. The van der Waals surface area contributed by atoms with E-state index in [1.54, 1.807) is 4.68 Å². The van der Waals surface area contributed by atoms with Crippen LogP contribution in [-0.2, 0) is 7.05 Å². The largest absolute Gasteiger partial charge is 0.363 e. The lowest BCUT2D eigenvalue weighted by Gasteiger charge is -2.32. The van der Waals surface area contributed by atoms with Crippen molar-refractivity contribution in [3.05, 3.63) is 36.2 Å². The molecule has 2 amide bonds. The molecule has 116 valence electrons. The second-order valence-corrected chi connectivity index (χ2v) is 5.53. The van der Waals surface area contributed by atoms with Crippen molar-refractivity contribution < 1.29 is 9.59 Å². The van der Waals surface area contributed by atoms with Gasteiger partial charge in [0.05, 0.1) is 11.6 Å². The van der Waals surface area contributed by atoms with E-state index in [0.29, 0.717) is 12.1 Å². The van der Waals surface area contributed by atoms with Gasteiger partial charge in [-0.15, -0.1) is 5.10 Å². The minimum Gasteiger partial charge on any atom is -0.363 e. The van der Waals surface area contributed by atoms with E-state index >= 15 is 0 Å². The van der Waals surface area contributed by atoms with Crippen LogP contribution in [0.15, 0.2) is 24.8 Å². The zero-order chi connectivity index (χ0) is 15.7. The van der Waals surface area contributed by atoms with Gasteiger partial charge in [0.2, 0.25) is 5.82 Å². The number of hydrogen-bond donors (Lipinski definition) is 1. The molecule has 8 heteroatoms. The molecule has 2 N–H and O–H groups in total. The molecule has 0 saturated carbocycles. The molecular formula is C14H18N6O2. The summed E-state index contributed by atoms with van der Waals surface area (Å²) in [5, 5.41) is 4.09. The number of carbonyl (C=O) groups excluding carboxylic acids is 2. The Morgan fingerprint density at radius 2 is 2.23 bits per heavy atom. The number of piperidine rings is 1. The van der Waals surface area contributed by atoms with Gasteiger partial charge < -0.3 is 15.2 Å². The van der Waals surface area contributed by atoms with Crippen molar-refractivity contribution >= 4 is 11.8 Å². The van der Waals surface area contributed by atoms with E-state index in [0.717, 1.165) is 19.4 Å². The van der Waals surface area contributed by atoms with Crippen molar-refractivity contribution in [2.45, 2.75) is 18.9 Å². The Balaban J connectivity index is 1.73. The van der Waals surface area contributed by atoms with Crippen LogP contribution >= 0.6 is 0 Å². The molecule has 0 aromatic carbocycles. The lowest BCUT2D eigenvalue weighted by molar-refractivity contribution is 0.0671. The van der Waals surface area contributed by atoms with Gasteiger partial charge in [0.15, 0.2) is 0 Å². The average molecular weight is 302 g/mol. The van der Waals surface area contributed by atoms with E-state index in [1.165, 1.54) is 6.33 Å². The number of aromatic nitrogens is 4. The molecule has 0 radical (unpaired) electrons. The standard InChI is InChI=1S/C14H18N6O2/c1-18-6-4-10(7-18)14(22)19-5-2-3-11(8-19)20-9-16-13(17-20)12(15)21/h4,6-7,9,11H,2-3,5,8H2,1H3,(H2,15,21). The molecule has 3 rings (SSSR count). The fourth-order valence-corrected chi connectivity index (χ4v) is 2.73. The van der Waals surface area contributed by atoms with Crippen molar-refractivity contribution in [1.82, 2.24) is 24.2 Å². The molecule has 0 aliphatic carbocycles.